The Morgan fingerprint density at radius 2 is 2.11 bits per heavy atom. The second-order valence-corrected chi connectivity index (χ2v) is 4.50. The molecule has 0 atom stereocenters. The molecule has 104 valence electrons. The summed E-state index contributed by atoms with van der Waals surface area (Å²) in [7, 11) is 0. The standard InChI is InChI=1S/C9H6F3IN2O4/c10-9(11,12)4-19-14-8(16)6-2-1-5(13)3-7(6)15(17)18/h1-3H,4H2,(H,14,16). The third kappa shape index (κ3) is 4.98. The van der Waals surface area contributed by atoms with Crippen molar-refractivity contribution in [3.05, 3.63) is 37.4 Å². The van der Waals surface area contributed by atoms with Crippen LogP contribution in [0.5, 0.6) is 0 Å². The van der Waals surface area contributed by atoms with Crippen LogP contribution in [0.1, 0.15) is 10.4 Å². The first-order valence-corrected chi connectivity index (χ1v) is 5.71. The van der Waals surface area contributed by atoms with E-state index >= 15 is 0 Å². The van der Waals surface area contributed by atoms with E-state index in [0.29, 0.717) is 3.57 Å². The van der Waals surface area contributed by atoms with E-state index in [1.54, 1.807) is 22.6 Å². The highest BCUT2D eigenvalue weighted by Crippen LogP contribution is 2.21. The normalized spacial score (nSPS) is 11.2. The first-order chi connectivity index (χ1) is 8.70. The van der Waals surface area contributed by atoms with Crippen molar-refractivity contribution in [1.29, 1.82) is 0 Å². The van der Waals surface area contributed by atoms with Crippen LogP contribution in [0.15, 0.2) is 18.2 Å². The van der Waals surface area contributed by atoms with Gasteiger partial charge in [-0.25, -0.2) is 5.48 Å². The molecular formula is C9H6F3IN2O4. The van der Waals surface area contributed by atoms with Gasteiger partial charge in [0.25, 0.3) is 11.6 Å². The van der Waals surface area contributed by atoms with E-state index < -0.39 is 29.3 Å². The smallest absolute Gasteiger partial charge is 0.267 e. The van der Waals surface area contributed by atoms with Crippen LogP contribution in [0, 0.1) is 13.7 Å². The molecule has 0 heterocycles. The van der Waals surface area contributed by atoms with Gasteiger partial charge in [-0.15, -0.1) is 0 Å². The molecule has 6 nitrogen and oxygen atoms in total. The predicted molar refractivity (Wildman–Crippen MR) is 65.3 cm³/mol. The number of nitro benzene ring substituents is 1. The molecule has 1 rings (SSSR count). The molecule has 0 saturated heterocycles. The number of nitrogens with one attached hydrogen (secondary N) is 1. The number of carbonyl (C=O) groups is 1. The minimum atomic E-state index is -4.61. The molecule has 0 fully saturated rings. The molecule has 0 aliphatic rings. The van der Waals surface area contributed by atoms with Crippen molar-refractivity contribution in [2.75, 3.05) is 6.61 Å². The summed E-state index contributed by atoms with van der Waals surface area (Å²) >= 11 is 1.80. The maximum Gasteiger partial charge on any atom is 0.414 e. The van der Waals surface area contributed by atoms with Crippen molar-refractivity contribution in [2.24, 2.45) is 0 Å². The van der Waals surface area contributed by atoms with Crippen LogP contribution in [0.4, 0.5) is 18.9 Å². The number of nitrogens with zero attached hydrogens (tertiary/aromatic N) is 1. The Hall–Kier alpha value is -1.43. The lowest BCUT2D eigenvalue weighted by atomic mass is 10.2. The van der Waals surface area contributed by atoms with Crippen LogP contribution in [0.3, 0.4) is 0 Å². The Bertz CT molecular complexity index is 507. The van der Waals surface area contributed by atoms with E-state index in [1.807, 2.05) is 0 Å². The van der Waals surface area contributed by atoms with Crippen molar-refractivity contribution in [3.63, 3.8) is 0 Å². The van der Waals surface area contributed by atoms with E-state index in [1.165, 1.54) is 11.5 Å². The number of amides is 1. The van der Waals surface area contributed by atoms with E-state index in [9.17, 15) is 28.1 Å². The van der Waals surface area contributed by atoms with E-state index in [-0.39, 0.29) is 5.56 Å². The fourth-order valence-corrected chi connectivity index (χ4v) is 1.56. The molecule has 1 N–H and O–H groups in total. The molecule has 1 amide bonds. The predicted octanol–water partition coefficient (Wildman–Crippen LogP) is 2.42. The Kier molecular flexibility index (Phi) is 5.05. The molecular weight excluding hydrogens is 384 g/mol. The van der Waals surface area contributed by atoms with Crippen LogP contribution >= 0.6 is 22.6 Å². The Balaban J connectivity index is 2.80. The molecule has 0 aliphatic heterocycles. The average Bonchev–Trinajstić information content (AvgIpc) is 2.26. The fraction of sp³-hybridized carbons (Fsp3) is 0.222. The molecule has 0 bridgehead atoms. The fourth-order valence-electron chi connectivity index (χ4n) is 1.09. The van der Waals surface area contributed by atoms with Gasteiger partial charge >= 0.3 is 6.18 Å². The molecule has 0 spiro atoms. The number of benzene rings is 1. The van der Waals surface area contributed by atoms with Gasteiger partial charge in [0.15, 0.2) is 6.61 Å². The molecule has 0 aliphatic carbocycles. The zero-order valence-electron chi connectivity index (χ0n) is 9.03. The third-order valence-electron chi connectivity index (χ3n) is 1.80. The number of halogens is 4. The summed E-state index contributed by atoms with van der Waals surface area (Å²) in [5.74, 6) is -1.12. The summed E-state index contributed by atoms with van der Waals surface area (Å²) in [4.78, 5) is 25.3. The van der Waals surface area contributed by atoms with Gasteiger partial charge in [0, 0.05) is 9.64 Å². The molecule has 0 saturated carbocycles. The number of rotatable bonds is 4. The second-order valence-electron chi connectivity index (χ2n) is 3.25. The number of carbonyl (C=O) groups excluding carboxylic acids is 1. The molecule has 0 unspecified atom stereocenters. The number of hydroxylamine groups is 1. The van der Waals surface area contributed by atoms with Crippen molar-refractivity contribution in [3.8, 4) is 0 Å². The van der Waals surface area contributed by atoms with E-state index in [4.69, 9.17) is 0 Å². The van der Waals surface area contributed by atoms with Gasteiger partial charge in [0.05, 0.1) is 4.92 Å². The minimum absolute atomic E-state index is 0.382. The first-order valence-electron chi connectivity index (χ1n) is 4.63. The van der Waals surface area contributed by atoms with E-state index in [0.717, 1.165) is 12.1 Å². The van der Waals surface area contributed by atoms with Crippen LogP contribution in [-0.2, 0) is 4.84 Å². The largest absolute Gasteiger partial charge is 0.414 e. The number of hydrogen-bond acceptors (Lipinski definition) is 4. The third-order valence-corrected chi connectivity index (χ3v) is 2.47. The van der Waals surface area contributed by atoms with Gasteiger partial charge in [0.1, 0.15) is 5.56 Å². The van der Waals surface area contributed by atoms with Gasteiger partial charge < -0.3 is 0 Å². The SMILES string of the molecule is O=C(NOCC(F)(F)F)c1ccc(I)cc1[N+](=O)[O-]. The molecule has 1 aromatic rings. The molecule has 0 aromatic heterocycles. The summed E-state index contributed by atoms with van der Waals surface area (Å²) in [6.07, 6.45) is -4.61. The van der Waals surface area contributed by atoms with Crippen LogP contribution in [0.25, 0.3) is 0 Å². The Morgan fingerprint density at radius 1 is 1.47 bits per heavy atom. The van der Waals surface area contributed by atoms with E-state index in [2.05, 4.69) is 4.84 Å². The summed E-state index contributed by atoms with van der Waals surface area (Å²) in [6.45, 7) is -1.68. The summed E-state index contributed by atoms with van der Waals surface area (Å²) < 4.78 is 35.9. The van der Waals surface area contributed by atoms with Crippen LogP contribution in [0.2, 0.25) is 0 Å². The van der Waals surface area contributed by atoms with Gasteiger partial charge in [0.2, 0.25) is 0 Å². The van der Waals surface area contributed by atoms with Gasteiger partial charge in [-0.1, -0.05) is 0 Å². The lowest BCUT2D eigenvalue weighted by Crippen LogP contribution is -2.29. The maximum absolute atomic E-state index is 11.8. The Morgan fingerprint density at radius 3 is 2.63 bits per heavy atom. The topological polar surface area (TPSA) is 81.5 Å². The lowest BCUT2D eigenvalue weighted by molar-refractivity contribution is -0.385. The highest BCUT2D eigenvalue weighted by molar-refractivity contribution is 14.1. The summed E-state index contributed by atoms with van der Waals surface area (Å²) in [5.41, 5.74) is 0.609. The zero-order chi connectivity index (χ0) is 14.6. The quantitative estimate of drug-likeness (QED) is 0.487. The summed E-state index contributed by atoms with van der Waals surface area (Å²) in [6, 6.07) is 3.66. The van der Waals surface area contributed by atoms with Gasteiger partial charge in [-0.2, -0.15) is 13.2 Å². The molecule has 0 radical (unpaired) electrons. The first kappa shape index (κ1) is 15.6. The Labute approximate surface area is 118 Å². The molecule has 19 heavy (non-hydrogen) atoms. The van der Waals surface area contributed by atoms with Crippen molar-refractivity contribution < 1.29 is 27.7 Å². The van der Waals surface area contributed by atoms with Crippen LogP contribution < -0.4 is 5.48 Å². The average molecular weight is 390 g/mol. The highest BCUT2D eigenvalue weighted by atomic mass is 127. The number of hydrogen-bond donors (Lipinski definition) is 1. The molecule has 10 heteroatoms. The van der Waals surface area contributed by atoms with Crippen molar-refractivity contribution in [1.82, 2.24) is 5.48 Å². The number of nitro groups is 1. The second kappa shape index (κ2) is 6.14. The van der Waals surface area contributed by atoms with Gasteiger partial charge in [-0.05, 0) is 34.7 Å². The number of alkyl halides is 3. The van der Waals surface area contributed by atoms with Crippen molar-refractivity contribution in [2.45, 2.75) is 6.18 Å². The zero-order valence-corrected chi connectivity index (χ0v) is 11.2. The maximum atomic E-state index is 11.8. The highest BCUT2D eigenvalue weighted by Gasteiger charge is 2.29. The molecule has 1 aromatic carbocycles. The van der Waals surface area contributed by atoms with Crippen molar-refractivity contribution >= 4 is 34.2 Å². The van der Waals surface area contributed by atoms with Gasteiger partial charge in [-0.3, -0.25) is 19.7 Å². The minimum Gasteiger partial charge on any atom is -0.267 e. The monoisotopic (exact) mass is 390 g/mol. The lowest BCUT2D eigenvalue weighted by Gasteiger charge is -2.08. The summed E-state index contributed by atoms with van der Waals surface area (Å²) in [5, 5.41) is 10.7. The van der Waals surface area contributed by atoms with Crippen LogP contribution in [-0.4, -0.2) is 23.6 Å².